The number of pyridine rings is 1. The molecule has 1 unspecified atom stereocenters. The van der Waals surface area contributed by atoms with Gasteiger partial charge in [-0.05, 0) is 61.6 Å². The predicted octanol–water partition coefficient (Wildman–Crippen LogP) is 7.07. The molecule has 0 fully saturated rings. The Labute approximate surface area is 223 Å². The molecule has 4 rings (SSSR count). The standard InChI is InChI=1S/C29H32ClN3O2S/c1-20(2)33(18-21-8-6-5-7-9-21)26-16-12-23(29(30)32-26)13-17-27-31-25(19-34-3)28(35-27)22-10-14-24(36-4)15-11-22/h5-17,20,25,28H,18-19H2,1-4H3/b17-13+/t25?,28-/m0/s1. The predicted molar refractivity (Wildman–Crippen MR) is 151 cm³/mol. The maximum Gasteiger partial charge on any atom is 0.209 e. The minimum Gasteiger partial charge on any atom is -0.467 e. The number of methoxy groups -OCH3 is 1. The molecule has 0 aliphatic carbocycles. The number of rotatable bonds is 10. The van der Waals surface area contributed by atoms with Crippen molar-refractivity contribution in [1.29, 1.82) is 0 Å². The topological polar surface area (TPSA) is 47.0 Å². The van der Waals surface area contributed by atoms with E-state index in [2.05, 4.69) is 73.5 Å². The van der Waals surface area contributed by atoms with Crippen LogP contribution in [0.15, 0.2) is 82.7 Å². The van der Waals surface area contributed by atoms with Crippen LogP contribution in [-0.2, 0) is 16.0 Å². The molecule has 0 saturated heterocycles. The average molecular weight is 522 g/mol. The lowest BCUT2D eigenvalue weighted by Gasteiger charge is -2.28. The number of hydrogen-bond donors (Lipinski definition) is 0. The van der Waals surface area contributed by atoms with E-state index < -0.39 is 0 Å². The van der Waals surface area contributed by atoms with Crippen LogP contribution in [0.4, 0.5) is 5.82 Å². The molecule has 0 amide bonds. The van der Waals surface area contributed by atoms with E-state index in [1.807, 2.05) is 30.4 Å². The van der Waals surface area contributed by atoms with Gasteiger partial charge in [0.25, 0.3) is 0 Å². The first-order valence-corrected chi connectivity index (χ1v) is 13.6. The number of aromatic nitrogens is 1. The molecule has 1 aliphatic rings. The Hall–Kier alpha value is -2.80. The zero-order chi connectivity index (χ0) is 25.5. The third-order valence-corrected chi connectivity index (χ3v) is 7.10. The molecule has 2 heterocycles. The molecule has 2 aromatic carbocycles. The number of ether oxygens (including phenoxy) is 2. The number of aliphatic imine (C=N–C) groups is 1. The Morgan fingerprint density at radius 2 is 1.81 bits per heavy atom. The molecule has 0 radical (unpaired) electrons. The summed E-state index contributed by atoms with van der Waals surface area (Å²) < 4.78 is 11.6. The summed E-state index contributed by atoms with van der Waals surface area (Å²) in [5, 5.41) is 0.443. The Morgan fingerprint density at radius 1 is 1.06 bits per heavy atom. The van der Waals surface area contributed by atoms with Crippen molar-refractivity contribution in [2.75, 3.05) is 24.9 Å². The van der Waals surface area contributed by atoms with Crippen molar-refractivity contribution in [3.63, 3.8) is 0 Å². The van der Waals surface area contributed by atoms with Gasteiger partial charge in [-0.15, -0.1) is 11.8 Å². The van der Waals surface area contributed by atoms with Gasteiger partial charge in [0.2, 0.25) is 5.90 Å². The summed E-state index contributed by atoms with van der Waals surface area (Å²) in [7, 11) is 1.68. The summed E-state index contributed by atoms with van der Waals surface area (Å²) in [6.07, 6.45) is 5.63. The number of thioether (sulfide) groups is 1. The number of anilines is 1. The fraction of sp³-hybridized carbons (Fsp3) is 0.310. The maximum atomic E-state index is 6.61. The van der Waals surface area contributed by atoms with E-state index in [1.54, 1.807) is 18.9 Å². The van der Waals surface area contributed by atoms with E-state index in [4.69, 9.17) is 31.1 Å². The van der Waals surface area contributed by atoms with Gasteiger partial charge in [-0.25, -0.2) is 9.98 Å². The SMILES string of the molecule is COCC1N=C(/C=C/c2ccc(N(Cc3ccccc3)C(C)C)nc2Cl)O[C@H]1c1ccc(SC)cc1. The molecule has 1 aromatic heterocycles. The van der Waals surface area contributed by atoms with Crippen LogP contribution in [0.5, 0.6) is 0 Å². The molecule has 3 aromatic rings. The molecule has 1 aliphatic heterocycles. The van der Waals surface area contributed by atoms with Gasteiger partial charge < -0.3 is 14.4 Å². The monoisotopic (exact) mass is 521 g/mol. The van der Waals surface area contributed by atoms with Crippen LogP contribution in [0.3, 0.4) is 0 Å². The van der Waals surface area contributed by atoms with Crippen LogP contribution in [0.2, 0.25) is 5.15 Å². The highest BCUT2D eigenvalue weighted by molar-refractivity contribution is 7.98. The lowest BCUT2D eigenvalue weighted by atomic mass is 10.0. The molecule has 5 nitrogen and oxygen atoms in total. The molecular weight excluding hydrogens is 490 g/mol. The molecule has 2 atom stereocenters. The summed E-state index contributed by atoms with van der Waals surface area (Å²) in [4.78, 5) is 12.9. The Morgan fingerprint density at radius 3 is 2.44 bits per heavy atom. The van der Waals surface area contributed by atoms with E-state index in [0.29, 0.717) is 17.7 Å². The van der Waals surface area contributed by atoms with Crippen LogP contribution < -0.4 is 4.90 Å². The molecule has 0 N–H and O–H groups in total. The third-order valence-electron chi connectivity index (χ3n) is 6.05. The van der Waals surface area contributed by atoms with Gasteiger partial charge >= 0.3 is 0 Å². The lowest BCUT2D eigenvalue weighted by molar-refractivity contribution is 0.120. The summed E-state index contributed by atoms with van der Waals surface area (Å²) in [6, 6.07) is 22.9. The highest BCUT2D eigenvalue weighted by Gasteiger charge is 2.31. The summed E-state index contributed by atoms with van der Waals surface area (Å²) >= 11 is 8.32. The molecule has 0 bridgehead atoms. The average Bonchev–Trinajstić information content (AvgIpc) is 3.30. The highest BCUT2D eigenvalue weighted by atomic mass is 35.5. The molecule has 7 heteroatoms. The Kier molecular flexibility index (Phi) is 9.08. The molecule has 0 saturated carbocycles. The van der Waals surface area contributed by atoms with Gasteiger partial charge in [0.05, 0.1) is 6.61 Å². The summed E-state index contributed by atoms with van der Waals surface area (Å²) in [5.41, 5.74) is 3.12. The Bertz CT molecular complexity index is 1200. The van der Waals surface area contributed by atoms with Crippen LogP contribution in [0.25, 0.3) is 6.08 Å². The van der Waals surface area contributed by atoms with Gasteiger partial charge in [-0.2, -0.15) is 0 Å². The maximum absolute atomic E-state index is 6.61. The minimum absolute atomic E-state index is 0.108. The van der Waals surface area contributed by atoms with Crippen molar-refractivity contribution in [3.8, 4) is 0 Å². The van der Waals surface area contributed by atoms with Crippen LogP contribution in [0.1, 0.15) is 36.6 Å². The first-order chi connectivity index (χ1) is 17.5. The fourth-order valence-electron chi connectivity index (χ4n) is 4.12. The van der Waals surface area contributed by atoms with Crippen molar-refractivity contribution in [3.05, 3.63) is 94.6 Å². The minimum atomic E-state index is -0.186. The van der Waals surface area contributed by atoms with E-state index in [-0.39, 0.29) is 18.2 Å². The summed E-state index contributed by atoms with van der Waals surface area (Å²) in [5.74, 6) is 1.41. The number of benzene rings is 2. The lowest BCUT2D eigenvalue weighted by Crippen LogP contribution is -2.30. The number of hydrogen-bond acceptors (Lipinski definition) is 6. The molecular formula is C29H32ClN3O2S. The largest absolute Gasteiger partial charge is 0.467 e. The highest BCUT2D eigenvalue weighted by Crippen LogP contribution is 2.31. The van der Waals surface area contributed by atoms with Crippen molar-refractivity contribution >= 4 is 41.2 Å². The number of nitrogens with zero attached hydrogens (tertiary/aromatic N) is 3. The van der Waals surface area contributed by atoms with Crippen molar-refractivity contribution < 1.29 is 9.47 Å². The first-order valence-electron chi connectivity index (χ1n) is 12.0. The molecule has 188 valence electrons. The number of halogens is 1. The van der Waals surface area contributed by atoms with Gasteiger partial charge in [0, 0.05) is 36.2 Å². The van der Waals surface area contributed by atoms with Crippen LogP contribution >= 0.6 is 23.4 Å². The zero-order valence-corrected chi connectivity index (χ0v) is 22.7. The molecule has 0 spiro atoms. The van der Waals surface area contributed by atoms with Crippen LogP contribution in [-0.4, -0.2) is 42.9 Å². The fourth-order valence-corrected chi connectivity index (χ4v) is 4.74. The normalized spacial score (nSPS) is 17.4. The summed E-state index contributed by atoms with van der Waals surface area (Å²) in [6.45, 7) is 5.56. The van der Waals surface area contributed by atoms with Gasteiger partial charge in [0.15, 0.2) is 6.10 Å². The Balaban J connectivity index is 1.49. The van der Waals surface area contributed by atoms with Crippen molar-refractivity contribution in [2.45, 2.75) is 43.5 Å². The van der Waals surface area contributed by atoms with E-state index >= 15 is 0 Å². The van der Waals surface area contributed by atoms with Crippen molar-refractivity contribution in [2.24, 2.45) is 4.99 Å². The second-order valence-corrected chi connectivity index (χ2v) is 10.1. The van der Waals surface area contributed by atoms with E-state index in [0.717, 1.165) is 23.5 Å². The quantitative estimate of drug-likeness (QED) is 0.211. The van der Waals surface area contributed by atoms with E-state index in [9.17, 15) is 0 Å². The van der Waals surface area contributed by atoms with Gasteiger partial charge in [-0.3, -0.25) is 0 Å². The second-order valence-electron chi connectivity index (χ2n) is 8.89. The van der Waals surface area contributed by atoms with Gasteiger partial charge in [-0.1, -0.05) is 54.1 Å². The van der Waals surface area contributed by atoms with Gasteiger partial charge in [0.1, 0.15) is 17.0 Å². The second kappa shape index (κ2) is 12.4. The first kappa shape index (κ1) is 26.3. The molecule has 36 heavy (non-hydrogen) atoms. The third kappa shape index (κ3) is 6.49. The zero-order valence-electron chi connectivity index (χ0n) is 21.1. The smallest absolute Gasteiger partial charge is 0.209 e. The van der Waals surface area contributed by atoms with Crippen LogP contribution in [0, 0.1) is 0 Å². The van der Waals surface area contributed by atoms with Crippen molar-refractivity contribution in [1.82, 2.24) is 4.98 Å². The van der Waals surface area contributed by atoms with E-state index in [1.165, 1.54) is 10.5 Å².